The van der Waals surface area contributed by atoms with Gasteiger partial charge in [-0.1, -0.05) is 0 Å². The Bertz CT molecular complexity index is 621. The first-order valence-electron chi connectivity index (χ1n) is 5.45. The van der Waals surface area contributed by atoms with Gasteiger partial charge in [0.1, 0.15) is 17.3 Å². The van der Waals surface area contributed by atoms with E-state index in [9.17, 15) is 13.6 Å². The van der Waals surface area contributed by atoms with Crippen LogP contribution in [0.4, 0.5) is 20.2 Å². The van der Waals surface area contributed by atoms with Crippen LogP contribution < -0.4 is 11.1 Å². The van der Waals surface area contributed by atoms with E-state index in [0.717, 1.165) is 17.7 Å². The van der Waals surface area contributed by atoms with Crippen LogP contribution in [0.2, 0.25) is 0 Å². The molecular formula is C13H11F2N3O. The number of rotatable bonds is 2. The van der Waals surface area contributed by atoms with Crippen LogP contribution in [0.25, 0.3) is 0 Å². The lowest BCUT2D eigenvalue weighted by Gasteiger charge is -2.08. The summed E-state index contributed by atoms with van der Waals surface area (Å²) in [5.74, 6) is -2.54. The maximum Gasteiger partial charge on any atom is 0.255 e. The van der Waals surface area contributed by atoms with Crippen molar-refractivity contribution in [3.8, 4) is 0 Å². The third-order valence-corrected chi connectivity index (χ3v) is 2.61. The van der Waals surface area contributed by atoms with Gasteiger partial charge in [0, 0.05) is 23.6 Å². The number of nitrogens with one attached hydrogen (secondary N) is 1. The van der Waals surface area contributed by atoms with Gasteiger partial charge in [0.05, 0.1) is 0 Å². The predicted molar refractivity (Wildman–Crippen MR) is 67.7 cm³/mol. The number of nitrogens with two attached hydrogens (primary N) is 1. The van der Waals surface area contributed by atoms with Crippen molar-refractivity contribution < 1.29 is 13.6 Å². The quantitative estimate of drug-likeness (QED) is 0.818. The number of hydrogen-bond acceptors (Lipinski definition) is 3. The monoisotopic (exact) mass is 263 g/mol. The standard InChI is InChI=1S/C13H11F2N3O/c1-7-6-17-3-2-11(7)18-13(19)8-4-9(14)12(16)10(15)5-8/h2-6H,16H2,1H3,(H,17,18,19). The molecule has 3 N–H and O–H groups in total. The number of anilines is 2. The lowest BCUT2D eigenvalue weighted by Crippen LogP contribution is -2.14. The molecular weight excluding hydrogens is 252 g/mol. The number of nitrogens with zero attached hydrogens (tertiary/aromatic N) is 1. The first-order valence-corrected chi connectivity index (χ1v) is 5.45. The third kappa shape index (κ3) is 2.67. The number of hydrogen-bond donors (Lipinski definition) is 2. The van der Waals surface area contributed by atoms with Gasteiger partial charge in [0.15, 0.2) is 0 Å². The lowest BCUT2D eigenvalue weighted by atomic mass is 10.1. The summed E-state index contributed by atoms with van der Waals surface area (Å²) >= 11 is 0. The Kier molecular flexibility index (Phi) is 3.41. The van der Waals surface area contributed by atoms with Crippen molar-refractivity contribution in [2.75, 3.05) is 11.1 Å². The number of benzene rings is 1. The van der Waals surface area contributed by atoms with E-state index in [1.165, 1.54) is 6.20 Å². The molecule has 0 unspecified atom stereocenters. The predicted octanol–water partition coefficient (Wildman–Crippen LogP) is 2.50. The first-order chi connectivity index (χ1) is 8.99. The average Bonchev–Trinajstić information content (AvgIpc) is 2.38. The summed E-state index contributed by atoms with van der Waals surface area (Å²) in [7, 11) is 0. The number of aromatic nitrogens is 1. The molecule has 0 aliphatic rings. The van der Waals surface area contributed by atoms with Crippen molar-refractivity contribution in [2.24, 2.45) is 0 Å². The molecule has 1 aromatic heterocycles. The van der Waals surface area contributed by atoms with Gasteiger partial charge < -0.3 is 11.1 Å². The zero-order valence-corrected chi connectivity index (χ0v) is 10.1. The topological polar surface area (TPSA) is 68.0 Å². The van der Waals surface area contributed by atoms with Gasteiger partial charge in [-0.3, -0.25) is 9.78 Å². The summed E-state index contributed by atoms with van der Waals surface area (Å²) in [5.41, 5.74) is 5.67. The molecule has 1 heterocycles. The van der Waals surface area contributed by atoms with Gasteiger partial charge in [0.2, 0.25) is 0 Å². The van der Waals surface area contributed by atoms with Crippen LogP contribution in [-0.2, 0) is 0 Å². The van der Waals surface area contributed by atoms with Crippen LogP contribution >= 0.6 is 0 Å². The molecule has 0 radical (unpaired) electrons. The number of aryl methyl sites for hydroxylation is 1. The van der Waals surface area contributed by atoms with Crippen LogP contribution in [-0.4, -0.2) is 10.9 Å². The largest absolute Gasteiger partial charge is 0.394 e. The van der Waals surface area contributed by atoms with Crippen LogP contribution in [0.1, 0.15) is 15.9 Å². The van der Waals surface area contributed by atoms with Crippen LogP contribution in [0.3, 0.4) is 0 Å². The minimum absolute atomic E-state index is 0.139. The molecule has 2 rings (SSSR count). The maximum absolute atomic E-state index is 13.3. The highest BCUT2D eigenvalue weighted by atomic mass is 19.1. The Morgan fingerprint density at radius 1 is 1.32 bits per heavy atom. The first kappa shape index (κ1) is 12.9. The number of nitrogen functional groups attached to an aromatic ring is 1. The van der Waals surface area contributed by atoms with Crippen molar-refractivity contribution in [3.05, 3.63) is 53.4 Å². The van der Waals surface area contributed by atoms with Gasteiger partial charge >= 0.3 is 0 Å². The molecule has 0 saturated carbocycles. The summed E-state index contributed by atoms with van der Waals surface area (Å²) in [6.07, 6.45) is 3.08. The second-order valence-electron chi connectivity index (χ2n) is 4.00. The highest BCUT2D eigenvalue weighted by molar-refractivity contribution is 6.04. The van der Waals surface area contributed by atoms with Crippen molar-refractivity contribution >= 4 is 17.3 Å². The molecule has 19 heavy (non-hydrogen) atoms. The normalized spacial score (nSPS) is 10.3. The third-order valence-electron chi connectivity index (χ3n) is 2.61. The minimum atomic E-state index is -0.961. The van der Waals surface area contributed by atoms with Gasteiger partial charge in [-0.2, -0.15) is 0 Å². The Balaban J connectivity index is 2.28. The molecule has 6 heteroatoms. The molecule has 0 bridgehead atoms. The Labute approximate surface area is 108 Å². The van der Waals surface area contributed by atoms with Crippen LogP contribution in [0.5, 0.6) is 0 Å². The summed E-state index contributed by atoms with van der Waals surface area (Å²) < 4.78 is 26.5. The highest BCUT2D eigenvalue weighted by Crippen LogP contribution is 2.19. The van der Waals surface area contributed by atoms with E-state index in [2.05, 4.69) is 10.3 Å². The van der Waals surface area contributed by atoms with Gasteiger partial charge in [-0.25, -0.2) is 8.78 Å². The molecule has 0 aliphatic carbocycles. The molecule has 0 fully saturated rings. The molecule has 0 aliphatic heterocycles. The fourth-order valence-corrected chi connectivity index (χ4v) is 1.52. The smallest absolute Gasteiger partial charge is 0.255 e. The summed E-state index contributed by atoms with van der Waals surface area (Å²) in [6, 6.07) is 3.38. The van der Waals surface area contributed by atoms with E-state index in [4.69, 9.17) is 5.73 Å². The Morgan fingerprint density at radius 2 is 1.95 bits per heavy atom. The van der Waals surface area contributed by atoms with Crippen LogP contribution in [0, 0.1) is 18.6 Å². The van der Waals surface area contributed by atoms with E-state index >= 15 is 0 Å². The highest BCUT2D eigenvalue weighted by Gasteiger charge is 2.13. The molecule has 0 saturated heterocycles. The molecule has 0 atom stereocenters. The molecule has 4 nitrogen and oxygen atoms in total. The van der Waals surface area contributed by atoms with Gasteiger partial charge in [-0.05, 0) is 30.7 Å². The zero-order valence-electron chi connectivity index (χ0n) is 10.1. The van der Waals surface area contributed by atoms with Crippen molar-refractivity contribution in [3.63, 3.8) is 0 Å². The molecule has 98 valence electrons. The zero-order chi connectivity index (χ0) is 14.0. The fourth-order valence-electron chi connectivity index (χ4n) is 1.52. The number of carbonyl (C=O) groups excluding carboxylic acids is 1. The summed E-state index contributed by atoms with van der Waals surface area (Å²) in [4.78, 5) is 15.8. The number of amides is 1. The second kappa shape index (κ2) is 5.01. The van der Waals surface area contributed by atoms with E-state index in [0.29, 0.717) is 5.69 Å². The molecule has 2 aromatic rings. The average molecular weight is 263 g/mol. The lowest BCUT2D eigenvalue weighted by molar-refractivity contribution is 0.102. The molecule has 0 spiro atoms. The van der Waals surface area contributed by atoms with Crippen molar-refractivity contribution in [2.45, 2.75) is 6.92 Å². The van der Waals surface area contributed by atoms with E-state index in [-0.39, 0.29) is 5.56 Å². The summed E-state index contributed by atoms with van der Waals surface area (Å²) in [5, 5.41) is 2.55. The van der Waals surface area contributed by atoms with Crippen LogP contribution in [0.15, 0.2) is 30.6 Å². The number of carbonyl (C=O) groups is 1. The number of halogens is 2. The SMILES string of the molecule is Cc1cnccc1NC(=O)c1cc(F)c(N)c(F)c1. The minimum Gasteiger partial charge on any atom is -0.394 e. The van der Waals surface area contributed by atoms with E-state index in [1.807, 2.05) is 0 Å². The van der Waals surface area contributed by atoms with E-state index in [1.54, 1.807) is 19.2 Å². The Hall–Kier alpha value is -2.50. The molecule has 1 aromatic carbocycles. The maximum atomic E-state index is 13.3. The van der Waals surface area contributed by atoms with Crippen molar-refractivity contribution in [1.82, 2.24) is 4.98 Å². The van der Waals surface area contributed by atoms with Crippen molar-refractivity contribution in [1.29, 1.82) is 0 Å². The summed E-state index contributed by atoms with van der Waals surface area (Å²) in [6.45, 7) is 1.76. The molecule has 1 amide bonds. The van der Waals surface area contributed by atoms with Gasteiger partial charge in [0.25, 0.3) is 5.91 Å². The fraction of sp³-hybridized carbons (Fsp3) is 0.0769. The Morgan fingerprint density at radius 3 is 2.53 bits per heavy atom. The van der Waals surface area contributed by atoms with E-state index < -0.39 is 23.2 Å². The van der Waals surface area contributed by atoms with Gasteiger partial charge in [-0.15, -0.1) is 0 Å². The number of pyridine rings is 1. The second-order valence-corrected chi connectivity index (χ2v) is 4.00.